The van der Waals surface area contributed by atoms with Crippen molar-refractivity contribution in [2.45, 2.75) is 12.8 Å². The third kappa shape index (κ3) is 1.75. The molecule has 2 aromatic rings. The molecule has 15 heavy (non-hydrogen) atoms. The second kappa shape index (κ2) is 3.66. The Labute approximate surface area is 88.5 Å². The molecule has 1 N–H and O–H groups in total. The summed E-state index contributed by atoms with van der Waals surface area (Å²) in [7, 11) is 0. The molecule has 1 aliphatic heterocycles. The Hall–Kier alpha value is -1.35. The fraction of sp³-hybridized carbons (Fsp3) is 0.417. The lowest BCUT2D eigenvalue weighted by atomic mass is 10.1. The molecule has 0 aliphatic carbocycles. The summed E-state index contributed by atoms with van der Waals surface area (Å²) in [6.45, 7) is 2.23. The van der Waals surface area contributed by atoms with Crippen molar-refractivity contribution in [3.05, 3.63) is 30.2 Å². The lowest BCUT2D eigenvalue weighted by molar-refractivity contribution is 0.462. The van der Waals surface area contributed by atoms with Crippen LogP contribution in [0.2, 0.25) is 0 Å². The van der Waals surface area contributed by atoms with E-state index in [9.17, 15) is 0 Å². The van der Waals surface area contributed by atoms with Crippen LogP contribution < -0.4 is 5.32 Å². The van der Waals surface area contributed by atoms with Crippen LogP contribution in [0.5, 0.6) is 0 Å². The van der Waals surface area contributed by atoms with Gasteiger partial charge in [-0.15, -0.1) is 0 Å². The largest absolute Gasteiger partial charge is 0.441 e. The van der Waals surface area contributed by atoms with E-state index < -0.39 is 0 Å². The first-order chi connectivity index (χ1) is 7.42. The van der Waals surface area contributed by atoms with Crippen molar-refractivity contribution in [2.24, 2.45) is 5.92 Å². The standard InChI is InChI=1S/C12H14N2O/c1-2-4-11-10(3-1)14-12(15-11)7-9-5-6-13-8-9/h1-4,9,13H,5-8H2. The molecule has 1 atom stereocenters. The molecule has 1 aromatic heterocycles. The number of nitrogens with one attached hydrogen (secondary N) is 1. The third-order valence-electron chi connectivity index (χ3n) is 2.96. The molecule has 2 heterocycles. The summed E-state index contributed by atoms with van der Waals surface area (Å²) in [5.74, 6) is 1.57. The molecule has 3 nitrogen and oxygen atoms in total. The molecule has 78 valence electrons. The monoisotopic (exact) mass is 202 g/mol. The minimum absolute atomic E-state index is 0.693. The van der Waals surface area contributed by atoms with Crippen molar-refractivity contribution >= 4 is 11.1 Å². The van der Waals surface area contributed by atoms with Gasteiger partial charge in [0.1, 0.15) is 5.52 Å². The molecule has 3 heteroatoms. The van der Waals surface area contributed by atoms with Crippen LogP contribution in [0.3, 0.4) is 0 Å². The van der Waals surface area contributed by atoms with Gasteiger partial charge in [0, 0.05) is 6.42 Å². The van der Waals surface area contributed by atoms with Crippen LogP contribution in [-0.2, 0) is 6.42 Å². The number of para-hydroxylation sites is 2. The summed E-state index contributed by atoms with van der Waals surface area (Å²) < 4.78 is 5.69. The number of hydrogen-bond donors (Lipinski definition) is 1. The number of nitrogens with zero attached hydrogens (tertiary/aromatic N) is 1. The zero-order valence-electron chi connectivity index (χ0n) is 8.57. The molecule has 0 saturated carbocycles. The summed E-state index contributed by atoms with van der Waals surface area (Å²) in [6.07, 6.45) is 2.19. The van der Waals surface area contributed by atoms with E-state index in [0.717, 1.165) is 36.5 Å². The van der Waals surface area contributed by atoms with Gasteiger partial charge in [0.15, 0.2) is 11.5 Å². The lowest BCUT2D eigenvalue weighted by Crippen LogP contribution is -2.10. The first-order valence-corrected chi connectivity index (χ1v) is 5.47. The van der Waals surface area contributed by atoms with Crippen LogP contribution in [0, 0.1) is 5.92 Å². The lowest BCUT2D eigenvalue weighted by Gasteiger charge is -2.02. The molecule has 3 rings (SSSR count). The second-order valence-electron chi connectivity index (χ2n) is 4.14. The number of hydrogen-bond acceptors (Lipinski definition) is 3. The minimum Gasteiger partial charge on any atom is -0.441 e. The number of oxazole rings is 1. The molecule has 0 spiro atoms. The molecule has 1 aliphatic rings. The maximum absolute atomic E-state index is 5.69. The highest BCUT2D eigenvalue weighted by Crippen LogP contribution is 2.19. The predicted molar refractivity (Wildman–Crippen MR) is 58.7 cm³/mol. The van der Waals surface area contributed by atoms with Crippen molar-refractivity contribution in [3.8, 4) is 0 Å². The van der Waals surface area contributed by atoms with Crippen LogP contribution in [-0.4, -0.2) is 18.1 Å². The molecule has 1 unspecified atom stereocenters. The Morgan fingerprint density at radius 3 is 3.13 bits per heavy atom. The zero-order valence-corrected chi connectivity index (χ0v) is 8.57. The quantitative estimate of drug-likeness (QED) is 0.809. The Morgan fingerprint density at radius 2 is 2.33 bits per heavy atom. The van der Waals surface area contributed by atoms with Crippen molar-refractivity contribution < 1.29 is 4.42 Å². The average molecular weight is 202 g/mol. The highest BCUT2D eigenvalue weighted by atomic mass is 16.3. The molecule has 0 radical (unpaired) electrons. The van der Waals surface area contributed by atoms with Crippen LogP contribution in [0.25, 0.3) is 11.1 Å². The Kier molecular flexibility index (Phi) is 2.18. The van der Waals surface area contributed by atoms with Gasteiger partial charge in [0.2, 0.25) is 0 Å². The Balaban J connectivity index is 1.84. The van der Waals surface area contributed by atoms with Crippen LogP contribution in [0.1, 0.15) is 12.3 Å². The fourth-order valence-electron chi connectivity index (χ4n) is 2.14. The van der Waals surface area contributed by atoms with Gasteiger partial charge in [-0.05, 0) is 37.6 Å². The van der Waals surface area contributed by atoms with Gasteiger partial charge in [-0.3, -0.25) is 0 Å². The van der Waals surface area contributed by atoms with Gasteiger partial charge in [-0.2, -0.15) is 0 Å². The molecular formula is C12H14N2O. The first kappa shape index (κ1) is 8.92. The summed E-state index contributed by atoms with van der Waals surface area (Å²) >= 11 is 0. The number of benzene rings is 1. The summed E-state index contributed by atoms with van der Waals surface area (Å²) in [5.41, 5.74) is 1.87. The van der Waals surface area contributed by atoms with E-state index in [2.05, 4.69) is 10.3 Å². The predicted octanol–water partition coefficient (Wildman–Crippen LogP) is 1.98. The van der Waals surface area contributed by atoms with E-state index in [-0.39, 0.29) is 0 Å². The van der Waals surface area contributed by atoms with E-state index in [4.69, 9.17) is 4.42 Å². The second-order valence-corrected chi connectivity index (χ2v) is 4.14. The molecule has 0 bridgehead atoms. The summed E-state index contributed by atoms with van der Waals surface area (Å²) in [4.78, 5) is 4.48. The fourth-order valence-corrected chi connectivity index (χ4v) is 2.14. The van der Waals surface area contributed by atoms with Gasteiger partial charge >= 0.3 is 0 Å². The van der Waals surface area contributed by atoms with Crippen molar-refractivity contribution in [2.75, 3.05) is 13.1 Å². The van der Waals surface area contributed by atoms with E-state index in [1.54, 1.807) is 0 Å². The number of fused-ring (bicyclic) bond motifs is 1. The molecule has 1 saturated heterocycles. The van der Waals surface area contributed by atoms with E-state index >= 15 is 0 Å². The van der Waals surface area contributed by atoms with Gasteiger partial charge in [0.25, 0.3) is 0 Å². The Bertz CT molecular complexity index is 424. The zero-order chi connectivity index (χ0) is 10.1. The number of rotatable bonds is 2. The average Bonchev–Trinajstić information content (AvgIpc) is 2.86. The van der Waals surface area contributed by atoms with Crippen LogP contribution in [0.15, 0.2) is 28.7 Å². The van der Waals surface area contributed by atoms with Crippen LogP contribution in [0.4, 0.5) is 0 Å². The van der Waals surface area contributed by atoms with Gasteiger partial charge in [-0.1, -0.05) is 12.1 Å². The topological polar surface area (TPSA) is 38.1 Å². The number of aromatic nitrogens is 1. The molecule has 1 fully saturated rings. The SMILES string of the molecule is c1ccc2oc(CC3CCNC3)nc2c1. The van der Waals surface area contributed by atoms with Gasteiger partial charge < -0.3 is 9.73 Å². The van der Waals surface area contributed by atoms with Crippen molar-refractivity contribution in [3.63, 3.8) is 0 Å². The highest BCUT2D eigenvalue weighted by Gasteiger charge is 2.17. The van der Waals surface area contributed by atoms with Gasteiger partial charge in [0.05, 0.1) is 0 Å². The summed E-state index contributed by atoms with van der Waals surface area (Å²) in [5, 5.41) is 3.36. The van der Waals surface area contributed by atoms with E-state index in [0.29, 0.717) is 5.92 Å². The van der Waals surface area contributed by atoms with Crippen molar-refractivity contribution in [1.82, 2.24) is 10.3 Å². The third-order valence-corrected chi connectivity index (χ3v) is 2.96. The minimum atomic E-state index is 0.693. The normalized spacial score (nSPS) is 21.2. The molecular weight excluding hydrogens is 188 g/mol. The highest BCUT2D eigenvalue weighted by molar-refractivity contribution is 5.72. The van der Waals surface area contributed by atoms with Gasteiger partial charge in [-0.25, -0.2) is 4.98 Å². The summed E-state index contributed by atoms with van der Waals surface area (Å²) in [6, 6.07) is 7.94. The molecule has 0 amide bonds. The molecule has 1 aromatic carbocycles. The maximum atomic E-state index is 5.69. The van der Waals surface area contributed by atoms with Crippen molar-refractivity contribution in [1.29, 1.82) is 0 Å². The van der Waals surface area contributed by atoms with E-state index in [1.165, 1.54) is 6.42 Å². The van der Waals surface area contributed by atoms with E-state index in [1.807, 2.05) is 24.3 Å². The van der Waals surface area contributed by atoms with Crippen LogP contribution >= 0.6 is 0 Å². The smallest absolute Gasteiger partial charge is 0.195 e. The Morgan fingerprint density at radius 1 is 1.40 bits per heavy atom. The maximum Gasteiger partial charge on any atom is 0.195 e. The first-order valence-electron chi connectivity index (χ1n) is 5.47.